The molecule has 0 atom stereocenters. The van der Waals surface area contributed by atoms with Gasteiger partial charge in [-0.3, -0.25) is 4.79 Å². The number of allylic oxidation sites excluding steroid dienone is 1. The van der Waals surface area contributed by atoms with Gasteiger partial charge in [-0.25, -0.2) is 0 Å². The Labute approximate surface area is 189 Å². The van der Waals surface area contributed by atoms with Crippen LogP contribution in [0.25, 0.3) is 21.4 Å². The number of benzene rings is 1. The van der Waals surface area contributed by atoms with Crippen molar-refractivity contribution in [1.29, 1.82) is 5.26 Å². The smallest absolute Gasteiger partial charge is 0.248 e. The molecule has 1 aromatic carbocycles. The Hall–Kier alpha value is -2.92. The summed E-state index contributed by atoms with van der Waals surface area (Å²) in [6.07, 6.45) is 1.91. The highest BCUT2D eigenvalue weighted by Crippen LogP contribution is 2.57. The first-order valence-corrected chi connectivity index (χ1v) is 11.5. The molecule has 0 saturated carbocycles. The molecule has 0 spiro atoms. The van der Waals surface area contributed by atoms with E-state index in [-0.39, 0.29) is 12.0 Å². The van der Waals surface area contributed by atoms with Gasteiger partial charge in [0.25, 0.3) is 0 Å². The number of carbonyl (C=O) groups is 1. The third kappa shape index (κ3) is 3.68. The van der Waals surface area contributed by atoms with E-state index in [0.29, 0.717) is 17.7 Å². The zero-order valence-electron chi connectivity index (χ0n) is 17.6. The number of anilines is 1. The molecule has 0 saturated heterocycles. The number of thiophene rings is 2. The van der Waals surface area contributed by atoms with Crippen LogP contribution in [-0.4, -0.2) is 31.2 Å². The van der Waals surface area contributed by atoms with Crippen LogP contribution in [0.2, 0.25) is 0 Å². The standard InChI is InChI=1S/C24H23N3O2S2/c1-24(2)18-11-17(10-16(13-25)14-4-6-15(7-5-14)23(26)29)30-21(18)22-19(24)12-20(31-22)27(3)8-9-28/h4-7,10-12,28H,8-9H2,1-3H3,(H2,26,29)/b16-10+. The predicted octanol–water partition coefficient (Wildman–Crippen LogP) is 4.71. The van der Waals surface area contributed by atoms with Gasteiger partial charge in [-0.15, -0.1) is 22.7 Å². The Morgan fingerprint density at radius 3 is 2.39 bits per heavy atom. The largest absolute Gasteiger partial charge is 0.395 e. The lowest BCUT2D eigenvalue weighted by atomic mass is 9.84. The van der Waals surface area contributed by atoms with E-state index in [1.165, 1.54) is 20.9 Å². The van der Waals surface area contributed by atoms with Crippen LogP contribution in [0.3, 0.4) is 0 Å². The molecule has 3 aromatic rings. The summed E-state index contributed by atoms with van der Waals surface area (Å²) in [6, 6.07) is 13.5. The molecular weight excluding hydrogens is 426 g/mol. The van der Waals surface area contributed by atoms with Gasteiger partial charge in [0, 0.05) is 34.3 Å². The van der Waals surface area contributed by atoms with Crippen LogP contribution in [-0.2, 0) is 5.41 Å². The number of likely N-dealkylation sites (N-methyl/N-ethyl adjacent to an activating group) is 1. The molecule has 2 aromatic heterocycles. The molecule has 0 fully saturated rings. The summed E-state index contributed by atoms with van der Waals surface area (Å²) in [4.78, 5) is 16.9. The highest BCUT2D eigenvalue weighted by atomic mass is 32.1. The Morgan fingerprint density at radius 2 is 1.77 bits per heavy atom. The van der Waals surface area contributed by atoms with Crippen LogP contribution < -0.4 is 10.6 Å². The van der Waals surface area contributed by atoms with Gasteiger partial charge in [-0.1, -0.05) is 26.0 Å². The summed E-state index contributed by atoms with van der Waals surface area (Å²) in [5.41, 5.74) is 9.51. The summed E-state index contributed by atoms with van der Waals surface area (Å²) >= 11 is 3.44. The van der Waals surface area contributed by atoms with E-state index >= 15 is 0 Å². The Balaban J connectivity index is 1.71. The normalized spacial score (nSPS) is 14.1. The van der Waals surface area contributed by atoms with Crippen molar-refractivity contribution in [2.75, 3.05) is 25.1 Å². The minimum Gasteiger partial charge on any atom is -0.395 e. The van der Waals surface area contributed by atoms with Crippen LogP contribution in [0.1, 0.15) is 45.8 Å². The number of rotatable bonds is 6. The molecule has 1 amide bonds. The lowest BCUT2D eigenvalue weighted by Gasteiger charge is -2.20. The van der Waals surface area contributed by atoms with Crippen molar-refractivity contribution in [3.05, 3.63) is 63.5 Å². The van der Waals surface area contributed by atoms with Gasteiger partial charge in [-0.05, 0) is 47.0 Å². The molecule has 31 heavy (non-hydrogen) atoms. The van der Waals surface area contributed by atoms with Crippen molar-refractivity contribution in [3.63, 3.8) is 0 Å². The molecule has 0 bridgehead atoms. The van der Waals surface area contributed by atoms with Crippen LogP contribution in [0.4, 0.5) is 5.00 Å². The number of hydrogen-bond acceptors (Lipinski definition) is 6. The van der Waals surface area contributed by atoms with Crippen LogP contribution in [0.15, 0.2) is 36.4 Å². The zero-order chi connectivity index (χ0) is 22.3. The number of aliphatic hydroxyl groups excluding tert-OH is 1. The Kier molecular flexibility index (Phi) is 5.48. The fourth-order valence-electron chi connectivity index (χ4n) is 3.85. The van der Waals surface area contributed by atoms with Gasteiger partial charge < -0.3 is 15.7 Å². The molecule has 0 aliphatic heterocycles. The number of nitriles is 1. The molecular formula is C24H23N3O2S2. The summed E-state index contributed by atoms with van der Waals surface area (Å²) in [5.74, 6) is -0.485. The molecule has 0 unspecified atom stereocenters. The van der Waals surface area contributed by atoms with Gasteiger partial charge in [0.2, 0.25) is 5.91 Å². The molecule has 2 heterocycles. The molecule has 158 valence electrons. The third-order valence-corrected chi connectivity index (χ3v) is 8.22. The minimum atomic E-state index is -0.485. The summed E-state index contributed by atoms with van der Waals surface area (Å²) in [7, 11) is 2.00. The highest BCUT2D eigenvalue weighted by Gasteiger charge is 2.39. The number of primary amides is 1. The Morgan fingerprint density at radius 1 is 1.16 bits per heavy atom. The van der Waals surface area contributed by atoms with Gasteiger partial charge in [-0.2, -0.15) is 5.26 Å². The lowest BCUT2D eigenvalue weighted by molar-refractivity contribution is 0.100. The quantitative estimate of drug-likeness (QED) is 0.534. The second-order valence-electron chi connectivity index (χ2n) is 8.10. The lowest BCUT2D eigenvalue weighted by Crippen LogP contribution is -2.20. The highest BCUT2D eigenvalue weighted by molar-refractivity contribution is 7.25. The molecule has 0 radical (unpaired) electrons. The zero-order valence-corrected chi connectivity index (χ0v) is 19.2. The van der Waals surface area contributed by atoms with Gasteiger partial charge in [0.1, 0.15) is 0 Å². The maximum atomic E-state index is 11.3. The van der Waals surface area contributed by atoms with Gasteiger partial charge in [0.05, 0.1) is 28.1 Å². The minimum absolute atomic E-state index is 0.113. The number of carbonyl (C=O) groups excluding carboxylic acids is 1. The van der Waals surface area contributed by atoms with Gasteiger partial charge in [0.15, 0.2) is 0 Å². The first kappa shape index (κ1) is 21.3. The molecule has 5 nitrogen and oxygen atoms in total. The number of hydrogen-bond donors (Lipinski definition) is 2. The topological polar surface area (TPSA) is 90.3 Å². The average Bonchev–Trinajstić information content (AvgIpc) is 3.41. The van der Waals surface area contributed by atoms with E-state index in [9.17, 15) is 15.2 Å². The molecule has 3 N–H and O–H groups in total. The number of fused-ring (bicyclic) bond motifs is 3. The molecule has 4 rings (SSSR count). The predicted molar refractivity (Wildman–Crippen MR) is 129 cm³/mol. The van der Waals surface area contributed by atoms with Crippen molar-refractivity contribution < 1.29 is 9.90 Å². The maximum absolute atomic E-state index is 11.3. The second kappa shape index (κ2) is 7.97. The molecule has 1 aliphatic carbocycles. The van der Waals surface area contributed by atoms with Crippen molar-refractivity contribution in [3.8, 4) is 15.8 Å². The second-order valence-corrected chi connectivity index (χ2v) is 10.2. The summed E-state index contributed by atoms with van der Waals surface area (Å²) < 4.78 is 0. The van der Waals surface area contributed by atoms with Crippen molar-refractivity contribution in [2.24, 2.45) is 5.73 Å². The number of nitrogens with zero attached hydrogens (tertiary/aromatic N) is 2. The first-order valence-electron chi connectivity index (χ1n) is 9.89. The van der Waals surface area contributed by atoms with Crippen molar-refractivity contribution in [1.82, 2.24) is 0 Å². The molecule has 1 aliphatic rings. The van der Waals surface area contributed by atoms with E-state index in [2.05, 4.69) is 36.9 Å². The van der Waals surface area contributed by atoms with E-state index in [1.807, 2.05) is 13.1 Å². The number of aliphatic hydroxyl groups is 1. The van der Waals surface area contributed by atoms with E-state index < -0.39 is 5.91 Å². The summed E-state index contributed by atoms with van der Waals surface area (Å²) in [5, 5.41) is 20.1. The average molecular weight is 450 g/mol. The van der Waals surface area contributed by atoms with E-state index in [4.69, 9.17) is 5.73 Å². The van der Waals surface area contributed by atoms with Gasteiger partial charge >= 0.3 is 0 Å². The van der Waals surface area contributed by atoms with Crippen LogP contribution in [0.5, 0.6) is 0 Å². The maximum Gasteiger partial charge on any atom is 0.248 e. The number of nitrogens with two attached hydrogens (primary N) is 1. The summed E-state index contributed by atoms with van der Waals surface area (Å²) in [6.45, 7) is 5.19. The van der Waals surface area contributed by atoms with E-state index in [1.54, 1.807) is 46.9 Å². The molecule has 7 heteroatoms. The van der Waals surface area contributed by atoms with E-state index in [0.717, 1.165) is 15.4 Å². The fourth-order valence-corrected chi connectivity index (χ4v) is 6.58. The Bertz CT molecular complexity index is 1230. The monoisotopic (exact) mass is 449 g/mol. The van der Waals surface area contributed by atoms with Crippen molar-refractivity contribution in [2.45, 2.75) is 19.3 Å². The van der Waals surface area contributed by atoms with Crippen LogP contribution in [0, 0.1) is 11.3 Å². The first-order chi connectivity index (χ1) is 14.8. The number of amides is 1. The SMILES string of the molecule is CN(CCO)c1cc2c(s1)-c1sc(/C=C(\C#N)c3ccc(C(N)=O)cc3)cc1C2(C)C. The van der Waals surface area contributed by atoms with Crippen LogP contribution >= 0.6 is 22.7 Å². The third-order valence-electron chi connectivity index (χ3n) is 5.72. The van der Waals surface area contributed by atoms with Crippen molar-refractivity contribution >= 4 is 45.2 Å². The fraction of sp³-hybridized carbons (Fsp3) is 0.250.